The lowest BCUT2D eigenvalue weighted by molar-refractivity contribution is -0.118. The van der Waals surface area contributed by atoms with Crippen molar-refractivity contribution in [3.05, 3.63) is 48.2 Å². The van der Waals surface area contributed by atoms with E-state index in [-0.39, 0.29) is 5.91 Å². The number of rotatable bonds is 7. The van der Waals surface area contributed by atoms with Gasteiger partial charge in [-0.25, -0.2) is 9.97 Å². The van der Waals surface area contributed by atoms with E-state index in [2.05, 4.69) is 26.8 Å². The number of aromatic nitrogens is 3. The number of amides is 1. The minimum absolute atomic E-state index is 0.0319. The Hall–Kier alpha value is -2.54. The van der Waals surface area contributed by atoms with Crippen molar-refractivity contribution >= 4 is 28.7 Å². The summed E-state index contributed by atoms with van der Waals surface area (Å²) in [5, 5.41) is 3.77. The fourth-order valence-corrected chi connectivity index (χ4v) is 3.40. The average molecular weight is 356 g/mol. The normalized spacial score (nSPS) is 10.8. The van der Waals surface area contributed by atoms with E-state index in [1.54, 1.807) is 19.4 Å². The Morgan fingerprint density at radius 1 is 1.28 bits per heavy atom. The molecule has 2 heterocycles. The van der Waals surface area contributed by atoms with Gasteiger partial charge in [-0.15, -0.1) is 0 Å². The van der Waals surface area contributed by atoms with Gasteiger partial charge in [-0.1, -0.05) is 30.0 Å². The van der Waals surface area contributed by atoms with Crippen molar-refractivity contribution in [2.24, 2.45) is 0 Å². The topological polar surface area (TPSA) is 69.0 Å². The number of fused-ring (bicyclic) bond motifs is 1. The average Bonchev–Trinajstić information content (AvgIpc) is 3.02. The summed E-state index contributed by atoms with van der Waals surface area (Å²) >= 11 is 1.45. The van der Waals surface area contributed by atoms with Crippen LogP contribution in [0.25, 0.3) is 11.0 Å². The first-order valence-corrected chi connectivity index (χ1v) is 9.03. The van der Waals surface area contributed by atoms with Gasteiger partial charge in [0, 0.05) is 25.4 Å². The smallest absolute Gasteiger partial charge is 0.230 e. The predicted octanol–water partition coefficient (Wildman–Crippen LogP) is 2.87. The van der Waals surface area contributed by atoms with Crippen molar-refractivity contribution in [3.8, 4) is 5.88 Å². The second kappa shape index (κ2) is 8.02. The molecule has 0 unspecified atom stereocenters. The lowest BCUT2D eigenvalue weighted by Crippen LogP contribution is -2.24. The lowest BCUT2D eigenvalue weighted by atomic mass is 10.3. The molecule has 0 atom stereocenters. The summed E-state index contributed by atoms with van der Waals surface area (Å²) in [4.78, 5) is 20.9. The Morgan fingerprint density at radius 2 is 2.12 bits per heavy atom. The molecule has 0 aliphatic rings. The standard InChI is InChI=1S/C18H20N4O2S/c1-3-22-15-7-5-4-6-14(15)21-18(22)25-12-16(23)19-10-13-8-9-17(24-2)20-11-13/h4-9,11H,3,10,12H2,1-2H3,(H,19,23). The molecular weight excluding hydrogens is 336 g/mol. The SMILES string of the molecule is CCn1c(SCC(=O)NCc2ccc(OC)nc2)nc2ccccc21. The third-order valence-electron chi connectivity index (χ3n) is 3.76. The molecule has 3 rings (SSSR count). The maximum absolute atomic E-state index is 12.1. The Labute approximate surface area is 150 Å². The molecule has 0 saturated carbocycles. The fraction of sp³-hybridized carbons (Fsp3) is 0.278. The van der Waals surface area contributed by atoms with Gasteiger partial charge in [0.05, 0.1) is 23.9 Å². The van der Waals surface area contributed by atoms with Crippen molar-refractivity contribution in [3.63, 3.8) is 0 Å². The number of hydrogen-bond donors (Lipinski definition) is 1. The van der Waals surface area contributed by atoms with E-state index in [9.17, 15) is 4.79 Å². The van der Waals surface area contributed by atoms with Crippen molar-refractivity contribution < 1.29 is 9.53 Å². The van der Waals surface area contributed by atoms with E-state index in [0.29, 0.717) is 18.2 Å². The maximum Gasteiger partial charge on any atom is 0.230 e. The van der Waals surface area contributed by atoms with Gasteiger partial charge in [0.15, 0.2) is 5.16 Å². The van der Waals surface area contributed by atoms with Crippen LogP contribution in [0.2, 0.25) is 0 Å². The molecule has 25 heavy (non-hydrogen) atoms. The highest BCUT2D eigenvalue weighted by molar-refractivity contribution is 7.99. The van der Waals surface area contributed by atoms with Gasteiger partial charge in [0.2, 0.25) is 11.8 Å². The first-order chi connectivity index (χ1) is 12.2. The number of carbonyl (C=O) groups excluding carboxylic acids is 1. The largest absolute Gasteiger partial charge is 0.481 e. The number of ether oxygens (including phenoxy) is 1. The van der Waals surface area contributed by atoms with Crippen LogP contribution >= 0.6 is 11.8 Å². The number of benzene rings is 1. The molecule has 2 aromatic heterocycles. The number of carbonyl (C=O) groups is 1. The van der Waals surface area contributed by atoms with E-state index < -0.39 is 0 Å². The van der Waals surface area contributed by atoms with E-state index >= 15 is 0 Å². The van der Waals surface area contributed by atoms with Crippen LogP contribution in [0.3, 0.4) is 0 Å². The molecule has 1 aromatic carbocycles. The highest BCUT2D eigenvalue weighted by Crippen LogP contribution is 2.23. The number of nitrogens with one attached hydrogen (secondary N) is 1. The van der Waals surface area contributed by atoms with Crippen LogP contribution in [-0.4, -0.2) is 33.3 Å². The summed E-state index contributed by atoms with van der Waals surface area (Å²) in [6.07, 6.45) is 1.70. The number of para-hydroxylation sites is 2. The van der Waals surface area contributed by atoms with Crippen LogP contribution < -0.4 is 10.1 Å². The third kappa shape index (κ3) is 4.11. The van der Waals surface area contributed by atoms with Gasteiger partial charge in [0.1, 0.15) is 0 Å². The number of hydrogen-bond acceptors (Lipinski definition) is 5. The molecule has 7 heteroatoms. The summed E-state index contributed by atoms with van der Waals surface area (Å²) in [5.41, 5.74) is 2.98. The van der Waals surface area contributed by atoms with Crippen LogP contribution in [0.15, 0.2) is 47.8 Å². The van der Waals surface area contributed by atoms with Gasteiger partial charge < -0.3 is 14.6 Å². The minimum Gasteiger partial charge on any atom is -0.481 e. The first-order valence-electron chi connectivity index (χ1n) is 8.05. The Morgan fingerprint density at radius 3 is 2.84 bits per heavy atom. The van der Waals surface area contributed by atoms with E-state index in [4.69, 9.17) is 4.74 Å². The second-order valence-electron chi connectivity index (χ2n) is 5.40. The van der Waals surface area contributed by atoms with Crippen molar-refractivity contribution in [2.45, 2.75) is 25.2 Å². The minimum atomic E-state index is -0.0319. The Balaban J connectivity index is 1.57. The number of pyridine rings is 1. The molecule has 0 spiro atoms. The molecule has 1 amide bonds. The predicted molar refractivity (Wildman–Crippen MR) is 98.8 cm³/mol. The number of methoxy groups -OCH3 is 1. The van der Waals surface area contributed by atoms with E-state index in [1.165, 1.54) is 11.8 Å². The molecule has 0 bridgehead atoms. The Bertz CT molecular complexity index is 861. The van der Waals surface area contributed by atoms with E-state index in [0.717, 1.165) is 28.3 Å². The highest BCUT2D eigenvalue weighted by atomic mass is 32.2. The van der Waals surface area contributed by atoms with Gasteiger partial charge in [-0.3, -0.25) is 4.79 Å². The number of aryl methyl sites for hydroxylation is 1. The summed E-state index contributed by atoms with van der Waals surface area (Å²) in [7, 11) is 1.57. The van der Waals surface area contributed by atoms with Gasteiger partial charge >= 0.3 is 0 Å². The molecular formula is C18H20N4O2S. The summed E-state index contributed by atoms with van der Waals surface area (Å²) in [5.74, 6) is 0.854. The molecule has 0 radical (unpaired) electrons. The quantitative estimate of drug-likeness (QED) is 0.659. The maximum atomic E-state index is 12.1. The summed E-state index contributed by atoms with van der Waals surface area (Å²) in [6.45, 7) is 3.34. The molecule has 0 aliphatic carbocycles. The van der Waals surface area contributed by atoms with Gasteiger partial charge in [-0.05, 0) is 24.6 Å². The van der Waals surface area contributed by atoms with Gasteiger partial charge in [-0.2, -0.15) is 0 Å². The van der Waals surface area contributed by atoms with E-state index in [1.807, 2.05) is 30.3 Å². The van der Waals surface area contributed by atoms with Crippen LogP contribution in [0.5, 0.6) is 5.88 Å². The summed E-state index contributed by atoms with van der Waals surface area (Å²) in [6, 6.07) is 11.7. The zero-order chi connectivity index (χ0) is 17.6. The van der Waals surface area contributed by atoms with Crippen LogP contribution in [0, 0.1) is 0 Å². The summed E-state index contributed by atoms with van der Waals surface area (Å²) < 4.78 is 7.14. The zero-order valence-corrected chi connectivity index (χ0v) is 15.0. The highest BCUT2D eigenvalue weighted by Gasteiger charge is 2.11. The molecule has 0 fully saturated rings. The number of nitrogens with zero attached hydrogens (tertiary/aromatic N) is 3. The van der Waals surface area contributed by atoms with Gasteiger partial charge in [0.25, 0.3) is 0 Å². The molecule has 6 nitrogen and oxygen atoms in total. The van der Waals surface area contributed by atoms with Crippen molar-refractivity contribution in [1.29, 1.82) is 0 Å². The monoisotopic (exact) mass is 356 g/mol. The fourth-order valence-electron chi connectivity index (χ4n) is 2.49. The molecule has 0 aliphatic heterocycles. The first kappa shape index (κ1) is 17.3. The molecule has 3 aromatic rings. The van der Waals surface area contributed by atoms with Crippen LogP contribution in [-0.2, 0) is 17.9 Å². The van der Waals surface area contributed by atoms with Crippen molar-refractivity contribution in [1.82, 2.24) is 19.9 Å². The lowest BCUT2D eigenvalue weighted by Gasteiger charge is -2.07. The zero-order valence-electron chi connectivity index (χ0n) is 14.2. The number of thioether (sulfide) groups is 1. The molecule has 1 N–H and O–H groups in total. The molecule has 130 valence electrons. The third-order valence-corrected chi connectivity index (χ3v) is 4.74. The molecule has 0 saturated heterocycles. The second-order valence-corrected chi connectivity index (χ2v) is 6.34. The van der Waals surface area contributed by atoms with Crippen molar-refractivity contribution in [2.75, 3.05) is 12.9 Å². The van der Waals surface area contributed by atoms with Crippen LogP contribution in [0.4, 0.5) is 0 Å². The Kier molecular flexibility index (Phi) is 5.55. The van der Waals surface area contributed by atoms with Crippen LogP contribution in [0.1, 0.15) is 12.5 Å². The number of imidazole rings is 1.